The fourth-order valence-corrected chi connectivity index (χ4v) is 1.19. The molecule has 1 N–H and O–H groups in total. The zero-order valence-electron chi connectivity index (χ0n) is 9.51. The fourth-order valence-electron chi connectivity index (χ4n) is 1.19. The van der Waals surface area contributed by atoms with Crippen molar-refractivity contribution < 1.29 is 32.7 Å². The first-order valence-corrected chi connectivity index (χ1v) is 4.99. The van der Waals surface area contributed by atoms with Crippen LogP contribution in [0.4, 0.5) is 18.9 Å². The molecule has 0 aliphatic carbocycles. The van der Waals surface area contributed by atoms with E-state index in [1.165, 1.54) is 12.1 Å². The van der Waals surface area contributed by atoms with Gasteiger partial charge in [-0.3, -0.25) is 10.1 Å². The highest BCUT2D eigenvalue weighted by atomic mass is 19.4. The lowest BCUT2D eigenvalue weighted by molar-refractivity contribution is -0.386. The highest BCUT2D eigenvalue weighted by Crippen LogP contribution is 2.28. The Morgan fingerprint density at radius 2 is 2.05 bits per heavy atom. The Morgan fingerprint density at radius 3 is 2.58 bits per heavy atom. The summed E-state index contributed by atoms with van der Waals surface area (Å²) in [6, 6.07) is 3.60. The number of hydrogen-bond acceptors (Lipinski definition) is 5. The molecule has 0 radical (unpaired) electrons. The highest BCUT2D eigenvalue weighted by Gasteiger charge is 2.27. The lowest BCUT2D eigenvalue weighted by atomic mass is 10.2. The van der Waals surface area contributed by atoms with E-state index in [0.29, 0.717) is 0 Å². The molecule has 0 heterocycles. The maximum atomic E-state index is 11.8. The molecule has 0 aliphatic heterocycles. The van der Waals surface area contributed by atoms with Crippen molar-refractivity contribution in [1.29, 1.82) is 0 Å². The standard InChI is InChI=1S/C10H10F3NO5/c11-10(12,13)5-18-6-19-9-2-1-7(4-15)3-8(9)14(16)17/h1-3,15H,4-6H2. The maximum absolute atomic E-state index is 11.8. The summed E-state index contributed by atoms with van der Waals surface area (Å²) in [6.45, 7) is -2.67. The summed E-state index contributed by atoms with van der Waals surface area (Å²) >= 11 is 0. The van der Waals surface area contributed by atoms with Gasteiger partial charge >= 0.3 is 11.9 Å². The molecule has 0 bridgehead atoms. The number of rotatable bonds is 6. The van der Waals surface area contributed by atoms with Gasteiger partial charge < -0.3 is 14.6 Å². The molecule has 1 aromatic rings. The van der Waals surface area contributed by atoms with Crippen LogP contribution >= 0.6 is 0 Å². The Morgan fingerprint density at radius 1 is 1.37 bits per heavy atom. The molecule has 0 unspecified atom stereocenters. The molecular weight excluding hydrogens is 271 g/mol. The summed E-state index contributed by atoms with van der Waals surface area (Å²) in [5, 5.41) is 19.5. The van der Waals surface area contributed by atoms with E-state index < -0.39 is 36.8 Å². The van der Waals surface area contributed by atoms with Crippen molar-refractivity contribution in [2.24, 2.45) is 0 Å². The molecule has 1 aromatic carbocycles. The van der Waals surface area contributed by atoms with Crippen LogP contribution in [-0.4, -0.2) is 29.6 Å². The van der Waals surface area contributed by atoms with Gasteiger partial charge in [0.1, 0.15) is 6.61 Å². The van der Waals surface area contributed by atoms with Crippen molar-refractivity contribution >= 4 is 5.69 Å². The average molecular weight is 281 g/mol. The zero-order chi connectivity index (χ0) is 14.5. The molecular formula is C10H10F3NO5. The Balaban J connectivity index is 2.65. The summed E-state index contributed by atoms with van der Waals surface area (Å²) in [6.07, 6.45) is -4.49. The topological polar surface area (TPSA) is 81.8 Å². The van der Waals surface area contributed by atoms with Gasteiger partial charge in [0.05, 0.1) is 11.5 Å². The van der Waals surface area contributed by atoms with Crippen molar-refractivity contribution in [3.63, 3.8) is 0 Å². The summed E-state index contributed by atoms with van der Waals surface area (Å²) in [5.41, 5.74) is -0.169. The third-order valence-corrected chi connectivity index (χ3v) is 1.97. The van der Waals surface area contributed by atoms with E-state index in [1.54, 1.807) is 0 Å². The lowest BCUT2D eigenvalue weighted by Gasteiger charge is -2.09. The predicted molar refractivity (Wildman–Crippen MR) is 56.5 cm³/mol. The van der Waals surface area contributed by atoms with E-state index in [9.17, 15) is 23.3 Å². The van der Waals surface area contributed by atoms with E-state index in [-0.39, 0.29) is 11.3 Å². The van der Waals surface area contributed by atoms with Crippen LogP contribution in [0.1, 0.15) is 5.56 Å². The normalized spacial score (nSPS) is 11.4. The number of aliphatic hydroxyl groups excluding tert-OH is 1. The molecule has 0 atom stereocenters. The van der Waals surface area contributed by atoms with Gasteiger partial charge in [-0.05, 0) is 11.6 Å². The van der Waals surface area contributed by atoms with E-state index in [4.69, 9.17) is 9.84 Å². The van der Waals surface area contributed by atoms with E-state index in [0.717, 1.165) is 6.07 Å². The van der Waals surface area contributed by atoms with Gasteiger partial charge in [-0.15, -0.1) is 0 Å². The van der Waals surface area contributed by atoms with Crippen molar-refractivity contribution in [3.05, 3.63) is 33.9 Å². The van der Waals surface area contributed by atoms with Crippen LogP contribution in [0.2, 0.25) is 0 Å². The number of halogens is 3. The average Bonchev–Trinajstić information content (AvgIpc) is 2.33. The second-order valence-corrected chi connectivity index (χ2v) is 3.44. The second-order valence-electron chi connectivity index (χ2n) is 3.44. The maximum Gasteiger partial charge on any atom is 0.411 e. The van der Waals surface area contributed by atoms with Gasteiger partial charge in [0.2, 0.25) is 0 Å². The number of alkyl halides is 3. The summed E-state index contributed by atoms with van der Waals surface area (Å²) in [7, 11) is 0. The zero-order valence-corrected chi connectivity index (χ0v) is 9.51. The molecule has 0 aliphatic rings. The lowest BCUT2D eigenvalue weighted by Crippen LogP contribution is -2.19. The van der Waals surface area contributed by atoms with Crippen LogP contribution in [-0.2, 0) is 11.3 Å². The number of hydrogen-bond donors (Lipinski definition) is 1. The number of nitro groups is 1. The number of ether oxygens (including phenoxy) is 2. The number of nitro benzene ring substituents is 1. The molecule has 0 saturated heterocycles. The molecule has 19 heavy (non-hydrogen) atoms. The van der Waals surface area contributed by atoms with Crippen LogP contribution in [0.3, 0.4) is 0 Å². The first kappa shape index (κ1) is 15.2. The van der Waals surface area contributed by atoms with E-state index in [2.05, 4.69) is 4.74 Å². The number of aliphatic hydroxyl groups is 1. The van der Waals surface area contributed by atoms with Crippen LogP contribution in [0.15, 0.2) is 18.2 Å². The minimum Gasteiger partial charge on any atom is -0.460 e. The molecule has 106 valence electrons. The molecule has 0 saturated carbocycles. The van der Waals surface area contributed by atoms with E-state index in [1.807, 2.05) is 0 Å². The molecule has 0 spiro atoms. The Labute approximate surface area is 105 Å². The number of nitrogens with zero attached hydrogens (tertiary/aromatic N) is 1. The van der Waals surface area contributed by atoms with Gasteiger partial charge in [0, 0.05) is 6.07 Å². The summed E-state index contributed by atoms with van der Waals surface area (Å²) in [4.78, 5) is 9.94. The summed E-state index contributed by atoms with van der Waals surface area (Å²) in [5.74, 6) is -0.232. The minimum atomic E-state index is -4.49. The third kappa shape index (κ3) is 5.10. The molecule has 1 rings (SSSR count). The van der Waals surface area contributed by atoms with Gasteiger partial charge in [-0.25, -0.2) is 0 Å². The highest BCUT2D eigenvalue weighted by molar-refractivity contribution is 5.48. The molecule has 0 amide bonds. The smallest absolute Gasteiger partial charge is 0.411 e. The van der Waals surface area contributed by atoms with Crippen molar-refractivity contribution in [1.82, 2.24) is 0 Å². The van der Waals surface area contributed by atoms with Crippen LogP contribution in [0.25, 0.3) is 0 Å². The monoisotopic (exact) mass is 281 g/mol. The van der Waals surface area contributed by atoms with Crippen LogP contribution < -0.4 is 4.74 Å². The van der Waals surface area contributed by atoms with Crippen LogP contribution in [0, 0.1) is 10.1 Å². The SMILES string of the molecule is O=[N+]([O-])c1cc(CO)ccc1OCOCC(F)(F)F. The molecule has 0 fully saturated rings. The first-order chi connectivity index (χ1) is 8.83. The molecule has 9 heteroatoms. The Hall–Kier alpha value is -1.87. The third-order valence-electron chi connectivity index (χ3n) is 1.97. The van der Waals surface area contributed by atoms with Crippen LogP contribution in [0.5, 0.6) is 5.75 Å². The summed E-state index contributed by atoms with van der Waals surface area (Å²) < 4.78 is 44.2. The first-order valence-electron chi connectivity index (χ1n) is 4.99. The Bertz CT molecular complexity index is 449. The van der Waals surface area contributed by atoms with Gasteiger partial charge in [-0.2, -0.15) is 13.2 Å². The predicted octanol–water partition coefficient (Wildman–Crippen LogP) is 2.00. The molecule has 0 aromatic heterocycles. The van der Waals surface area contributed by atoms with E-state index >= 15 is 0 Å². The minimum absolute atomic E-state index is 0.232. The van der Waals surface area contributed by atoms with Crippen molar-refractivity contribution in [3.8, 4) is 5.75 Å². The number of benzene rings is 1. The quantitative estimate of drug-likeness (QED) is 0.373. The Kier molecular flexibility index (Phi) is 5.07. The van der Waals surface area contributed by atoms with Gasteiger partial charge in [0.15, 0.2) is 12.5 Å². The van der Waals surface area contributed by atoms with Crippen molar-refractivity contribution in [2.45, 2.75) is 12.8 Å². The van der Waals surface area contributed by atoms with Gasteiger partial charge in [0.25, 0.3) is 0 Å². The van der Waals surface area contributed by atoms with Gasteiger partial charge in [-0.1, -0.05) is 6.07 Å². The molecule has 6 nitrogen and oxygen atoms in total. The largest absolute Gasteiger partial charge is 0.460 e. The van der Waals surface area contributed by atoms with Crippen molar-refractivity contribution in [2.75, 3.05) is 13.4 Å². The second kappa shape index (κ2) is 6.34. The fraction of sp³-hybridized carbons (Fsp3) is 0.400.